The summed E-state index contributed by atoms with van der Waals surface area (Å²) >= 11 is 0. The van der Waals surface area contributed by atoms with Crippen molar-refractivity contribution in [1.29, 1.82) is 0 Å². The largest absolute Gasteiger partial charge is 0.450 e. The van der Waals surface area contributed by atoms with Crippen LogP contribution in [0.25, 0.3) is 0 Å². The monoisotopic (exact) mass is 353 g/mol. The summed E-state index contributed by atoms with van der Waals surface area (Å²) in [6.07, 6.45) is 2.87. The molecular weight excluding hydrogens is 324 g/mol. The van der Waals surface area contributed by atoms with E-state index in [0.717, 1.165) is 32.4 Å². The van der Waals surface area contributed by atoms with Crippen LogP contribution in [0.15, 0.2) is 60.7 Å². The Morgan fingerprint density at radius 1 is 1.08 bits per heavy atom. The third-order valence-corrected chi connectivity index (χ3v) is 5.10. The molecule has 0 saturated carbocycles. The Bertz CT molecular complexity index is 667. The molecule has 0 unspecified atom stereocenters. The normalized spacial score (nSPS) is 16.3. The Morgan fingerprint density at radius 3 is 2.31 bits per heavy atom. The van der Waals surface area contributed by atoms with Crippen molar-refractivity contribution in [3.8, 4) is 0 Å². The summed E-state index contributed by atoms with van der Waals surface area (Å²) in [5.41, 5.74) is 2.73. The van der Waals surface area contributed by atoms with Crippen LogP contribution >= 0.6 is 0 Å². The molecule has 3 rings (SSSR count). The number of carbonyl (C=O) groups is 1. The van der Waals surface area contributed by atoms with Crippen molar-refractivity contribution in [2.24, 2.45) is 0 Å². The second-order valence-corrected chi connectivity index (χ2v) is 6.92. The fourth-order valence-electron chi connectivity index (χ4n) is 3.68. The first-order valence-corrected chi connectivity index (χ1v) is 9.62. The zero-order valence-corrected chi connectivity index (χ0v) is 15.5. The lowest BCUT2D eigenvalue weighted by molar-refractivity contribution is -0.730. The molecule has 1 heterocycles. The van der Waals surface area contributed by atoms with Crippen LogP contribution in [0.3, 0.4) is 0 Å². The molecule has 1 aliphatic rings. The highest BCUT2D eigenvalue weighted by Crippen LogP contribution is 2.17. The molecule has 1 fully saturated rings. The van der Waals surface area contributed by atoms with Crippen LogP contribution in [0.4, 0.5) is 4.79 Å². The van der Waals surface area contributed by atoms with Crippen molar-refractivity contribution in [2.45, 2.75) is 38.3 Å². The molecule has 26 heavy (non-hydrogen) atoms. The minimum Gasteiger partial charge on any atom is -0.450 e. The molecule has 1 amide bonds. The van der Waals surface area contributed by atoms with Crippen molar-refractivity contribution in [3.05, 3.63) is 71.8 Å². The molecule has 2 aromatic carbocycles. The molecule has 1 aliphatic heterocycles. The molecule has 2 N–H and O–H groups in total. The summed E-state index contributed by atoms with van der Waals surface area (Å²) in [5.74, 6) is 0. The van der Waals surface area contributed by atoms with E-state index in [9.17, 15) is 4.79 Å². The summed E-state index contributed by atoms with van der Waals surface area (Å²) in [5, 5.41) is 2.50. The van der Waals surface area contributed by atoms with Gasteiger partial charge in [-0.3, -0.25) is 0 Å². The van der Waals surface area contributed by atoms with Crippen LogP contribution in [-0.2, 0) is 11.2 Å². The van der Waals surface area contributed by atoms with E-state index in [2.05, 4.69) is 66.0 Å². The molecule has 1 saturated heterocycles. The molecule has 0 bridgehead atoms. The molecular formula is C22H29N2O2+. The van der Waals surface area contributed by atoms with Crippen molar-refractivity contribution in [3.63, 3.8) is 0 Å². The number of nitrogens with zero attached hydrogens (tertiary/aromatic N) is 1. The lowest BCUT2D eigenvalue weighted by Gasteiger charge is -2.32. The first kappa shape index (κ1) is 18.5. The van der Waals surface area contributed by atoms with Gasteiger partial charge in [0.15, 0.2) is 0 Å². The first-order valence-electron chi connectivity index (χ1n) is 9.62. The molecule has 0 radical (unpaired) electrons. The van der Waals surface area contributed by atoms with Crippen LogP contribution < -0.4 is 5.32 Å². The minimum absolute atomic E-state index is 0.171. The maximum Gasteiger partial charge on any atom is 0.409 e. The lowest BCUT2D eigenvalue weighted by Crippen LogP contribution is -2.92. The Kier molecular flexibility index (Phi) is 6.67. The number of amides is 1. The molecule has 4 nitrogen and oxygen atoms in total. The average molecular weight is 353 g/mol. The standard InChI is InChI=1S/C22H28N2O2/c1-2-26-22(25)24-15-13-20(14-16-24)23-21(19-11-7-4-8-12-19)17-18-9-5-3-6-10-18/h3-12,20-21,23H,2,13-17H2,1H3/p+1/t21-/m1/s1. The zero-order chi connectivity index (χ0) is 18.2. The number of rotatable bonds is 6. The molecule has 1 atom stereocenters. The van der Waals surface area contributed by atoms with E-state index in [4.69, 9.17) is 4.74 Å². The van der Waals surface area contributed by atoms with Crippen LogP contribution in [0, 0.1) is 0 Å². The quantitative estimate of drug-likeness (QED) is 0.867. The van der Waals surface area contributed by atoms with Gasteiger partial charge in [0.05, 0.1) is 12.6 Å². The predicted octanol–water partition coefficient (Wildman–Crippen LogP) is 3.15. The molecule has 0 spiro atoms. The Hall–Kier alpha value is -2.33. The highest BCUT2D eigenvalue weighted by molar-refractivity contribution is 5.67. The highest BCUT2D eigenvalue weighted by atomic mass is 16.6. The molecule has 2 aromatic rings. The van der Waals surface area contributed by atoms with Crippen molar-refractivity contribution >= 4 is 6.09 Å². The second kappa shape index (κ2) is 9.39. The summed E-state index contributed by atoms with van der Waals surface area (Å²) < 4.78 is 5.12. The van der Waals surface area contributed by atoms with Crippen LogP contribution in [0.1, 0.15) is 36.9 Å². The van der Waals surface area contributed by atoms with Crippen LogP contribution in [0.2, 0.25) is 0 Å². The van der Waals surface area contributed by atoms with Gasteiger partial charge in [-0.2, -0.15) is 0 Å². The van der Waals surface area contributed by atoms with E-state index in [-0.39, 0.29) is 6.09 Å². The number of likely N-dealkylation sites (tertiary alicyclic amines) is 1. The van der Waals surface area contributed by atoms with Crippen LogP contribution in [-0.4, -0.2) is 36.7 Å². The van der Waals surface area contributed by atoms with Crippen molar-refractivity contribution < 1.29 is 14.8 Å². The summed E-state index contributed by atoms with van der Waals surface area (Å²) in [4.78, 5) is 13.7. The van der Waals surface area contributed by atoms with E-state index in [0.29, 0.717) is 18.7 Å². The van der Waals surface area contributed by atoms with E-state index < -0.39 is 0 Å². The highest BCUT2D eigenvalue weighted by Gasteiger charge is 2.28. The number of ether oxygens (including phenoxy) is 1. The number of benzene rings is 2. The van der Waals surface area contributed by atoms with Gasteiger partial charge in [0.1, 0.15) is 6.04 Å². The fourth-order valence-corrected chi connectivity index (χ4v) is 3.68. The van der Waals surface area contributed by atoms with Crippen molar-refractivity contribution in [2.75, 3.05) is 19.7 Å². The van der Waals surface area contributed by atoms with Crippen LogP contribution in [0.5, 0.6) is 0 Å². The van der Waals surface area contributed by atoms with Gasteiger partial charge in [-0.1, -0.05) is 60.7 Å². The lowest BCUT2D eigenvalue weighted by atomic mass is 9.96. The summed E-state index contributed by atoms with van der Waals surface area (Å²) in [7, 11) is 0. The maximum atomic E-state index is 11.9. The zero-order valence-electron chi connectivity index (χ0n) is 15.5. The second-order valence-electron chi connectivity index (χ2n) is 6.92. The van der Waals surface area contributed by atoms with Gasteiger partial charge >= 0.3 is 6.09 Å². The Labute approximate surface area is 156 Å². The molecule has 0 aliphatic carbocycles. The van der Waals surface area contributed by atoms with Gasteiger partial charge in [-0.15, -0.1) is 0 Å². The average Bonchev–Trinajstić information content (AvgIpc) is 2.70. The van der Waals surface area contributed by atoms with Gasteiger partial charge in [0, 0.05) is 37.9 Å². The summed E-state index contributed by atoms with van der Waals surface area (Å²) in [6, 6.07) is 22.4. The Balaban J connectivity index is 1.62. The molecule has 0 aromatic heterocycles. The topological polar surface area (TPSA) is 46.1 Å². The minimum atomic E-state index is -0.171. The number of carbonyl (C=O) groups excluding carboxylic acids is 1. The Morgan fingerprint density at radius 2 is 1.69 bits per heavy atom. The third kappa shape index (κ3) is 5.09. The maximum absolute atomic E-state index is 11.9. The number of quaternary nitrogens is 1. The van der Waals surface area contributed by atoms with E-state index in [1.807, 2.05) is 11.8 Å². The van der Waals surface area contributed by atoms with E-state index in [1.165, 1.54) is 11.1 Å². The van der Waals surface area contributed by atoms with Gasteiger partial charge in [0.25, 0.3) is 0 Å². The smallest absolute Gasteiger partial charge is 0.409 e. The van der Waals surface area contributed by atoms with Gasteiger partial charge in [0.2, 0.25) is 0 Å². The number of piperidine rings is 1. The summed E-state index contributed by atoms with van der Waals surface area (Å²) in [6.45, 7) is 3.87. The SMILES string of the molecule is CCOC(=O)N1CCC([NH2+][C@H](Cc2ccccc2)c2ccccc2)CC1. The van der Waals surface area contributed by atoms with E-state index >= 15 is 0 Å². The van der Waals surface area contributed by atoms with Gasteiger partial charge in [-0.05, 0) is 12.5 Å². The third-order valence-electron chi connectivity index (χ3n) is 5.10. The number of hydrogen-bond donors (Lipinski definition) is 1. The van der Waals surface area contributed by atoms with Gasteiger partial charge in [-0.25, -0.2) is 4.79 Å². The van der Waals surface area contributed by atoms with Gasteiger partial charge < -0.3 is 15.0 Å². The predicted molar refractivity (Wildman–Crippen MR) is 103 cm³/mol. The first-order chi connectivity index (χ1) is 12.8. The number of nitrogens with two attached hydrogens (primary N) is 1. The fraction of sp³-hybridized carbons (Fsp3) is 0.409. The molecule has 4 heteroatoms. The van der Waals surface area contributed by atoms with E-state index in [1.54, 1.807) is 0 Å². The molecule has 138 valence electrons. The van der Waals surface area contributed by atoms with Crippen molar-refractivity contribution in [1.82, 2.24) is 4.90 Å². The number of hydrogen-bond acceptors (Lipinski definition) is 2.